The number of phenolic OH excluding ortho intramolecular Hbond substituents is 1. The van der Waals surface area contributed by atoms with Crippen LogP contribution in [0.1, 0.15) is 43.0 Å². The van der Waals surface area contributed by atoms with Crippen molar-refractivity contribution in [3.8, 4) is 17.2 Å². The Labute approximate surface area is 493 Å². The van der Waals surface area contributed by atoms with E-state index >= 15 is 0 Å². The maximum atomic E-state index is 10.9. The largest absolute Gasteiger partial charge is 1.00 e. The number of nitrogen functional groups attached to an aromatic ring is 1. The summed E-state index contributed by atoms with van der Waals surface area (Å²) in [5, 5.41) is 24.7. The van der Waals surface area contributed by atoms with E-state index in [1.54, 1.807) is 25.3 Å². The van der Waals surface area contributed by atoms with Crippen LogP contribution in [0.4, 0.5) is 15.4 Å². The predicted molar refractivity (Wildman–Crippen MR) is 230 cm³/mol. The number of ether oxygens (including phenoxy) is 5. The molecular weight excluding hydrogens is 1130 g/mol. The van der Waals surface area contributed by atoms with Crippen LogP contribution < -0.4 is 169 Å². The molecule has 328 valence electrons. The first-order valence-corrected chi connectivity index (χ1v) is 20.1. The Hall–Kier alpha value is -1.65. The van der Waals surface area contributed by atoms with Gasteiger partial charge >= 0.3 is 150 Å². The normalized spacial score (nSPS) is 9.31. The number of esters is 2. The number of nitrogens with zero attached hydrogens (tertiary/aromatic N) is 3. The van der Waals surface area contributed by atoms with Gasteiger partial charge in [0.1, 0.15) is 23.3 Å². The van der Waals surface area contributed by atoms with Crippen molar-refractivity contribution in [2.75, 3.05) is 49.5 Å². The second-order valence-corrected chi connectivity index (χ2v) is 14.0. The minimum absolute atomic E-state index is 0. The van der Waals surface area contributed by atoms with Crippen LogP contribution in [0.2, 0.25) is 0 Å². The van der Waals surface area contributed by atoms with E-state index < -0.39 is 11.9 Å². The molecular formula is C37H45ClCs2N6O13S3. The van der Waals surface area contributed by atoms with Gasteiger partial charge < -0.3 is 56.7 Å². The molecule has 62 heavy (non-hydrogen) atoms. The number of rotatable bonds is 10. The molecule has 0 saturated carbocycles. The molecule has 6 aromatic rings. The molecule has 3 aromatic carbocycles. The van der Waals surface area contributed by atoms with E-state index in [0.717, 1.165) is 42.1 Å². The number of anilines is 3. The summed E-state index contributed by atoms with van der Waals surface area (Å²) in [7, 11) is 1.64. The quantitative estimate of drug-likeness (QED) is 0.0211. The second-order valence-electron chi connectivity index (χ2n) is 10.7. The van der Waals surface area contributed by atoms with E-state index in [9.17, 15) is 24.3 Å². The molecule has 0 radical (unpaired) electrons. The number of hydrogen-bond donors (Lipinski definition) is 4. The number of thiazole rings is 3. The van der Waals surface area contributed by atoms with Crippen LogP contribution in [0.3, 0.4) is 0 Å². The molecule has 19 nitrogen and oxygen atoms in total. The fourth-order valence-corrected chi connectivity index (χ4v) is 6.64. The molecule has 25 heteroatoms. The van der Waals surface area contributed by atoms with Crippen LogP contribution in [0.5, 0.6) is 17.2 Å². The van der Waals surface area contributed by atoms with Crippen molar-refractivity contribution in [1.29, 1.82) is 0 Å². The molecule has 3 aromatic heterocycles. The monoisotopic (exact) mass is 1180 g/mol. The van der Waals surface area contributed by atoms with Gasteiger partial charge in [-0.05, 0) is 68.4 Å². The van der Waals surface area contributed by atoms with Crippen molar-refractivity contribution < 1.29 is 202 Å². The van der Waals surface area contributed by atoms with Gasteiger partial charge in [0.25, 0.3) is 6.47 Å². The van der Waals surface area contributed by atoms with Gasteiger partial charge in [-0.1, -0.05) is 45.6 Å². The summed E-state index contributed by atoms with van der Waals surface area (Å²) in [6, 6.07) is 16.5. The molecule has 0 aliphatic rings. The zero-order valence-corrected chi connectivity index (χ0v) is 51.2. The van der Waals surface area contributed by atoms with Gasteiger partial charge in [0.2, 0.25) is 11.8 Å². The molecule has 6 rings (SSSR count). The maximum Gasteiger partial charge on any atom is 1.00 e. The van der Waals surface area contributed by atoms with Crippen molar-refractivity contribution in [2.24, 2.45) is 0 Å². The van der Waals surface area contributed by atoms with Gasteiger partial charge in [0.05, 0.1) is 37.8 Å². The van der Waals surface area contributed by atoms with Crippen LogP contribution in [0, 0.1) is 0 Å². The number of nitrogens with two attached hydrogens (primary N) is 1. The smallest absolute Gasteiger partial charge is 1.00 e. The summed E-state index contributed by atoms with van der Waals surface area (Å²) >= 11 is 9.30. The van der Waals surface area contributed by atoms with Gasteiger partial charge in [-0.15, -0.1) is 0 Å². The molecule has 0 aliphatic carbocycles. The summed E-state index contributed by atoms with van der Waals surface area (Å²) in [5.74, 6) is 0.380. The zero-order valence-electron chi connectivity index (χ0n) is 36.5. The predicted octanol–water partition coefficient (Wildman–Crippen LogP) is 0.345. The number of carbonyl (C=O) groups is 5. The van der Waals surface area contributed by atoms with Gasteiger partial charge in [0, 0.05) is 40.9 Å². The Bertz CT molecular complexity index is 2260. The number of aromatic nitrogens is 3. The number of benzene rings is 3. The van der Waals surface area contributed by atoms with Crippen LogP contribution in [0.25, 0.3) is 30.6 Å². The summed E-state index contributed by atoms with van der Waals surface area (Å²) in [4.78, 5) is 65.2. The minimum atomic E-state index is -0.562. The molecule has 0 unspecified atom stereocenters. The molecule has 0 saturated heterocycles. The average molecular weight is 1180 g/mol. The van der Waals surface area contributed by atoms with E-state index in [0.29, 0.717) is 34.7 Å². The fraction of sp³-hybridized carbons (Fsp3) is 0.297. The van der Waals surface area contributed by atoms with E-state index in [1.165, 1.54) is 61.7 Å². The molecule has 0 spiro atoms. The third kappa shape index (κ3) is 27.6. The van der Waals surface area contributed by atoms with Crippen molar-refractivity contribution in [3.63, 3.8) is 0 Å². The third-order valence-electron chi connectivity index (χ3n) is 6.03. The van der Waals surface area contributed by atoms with Gasteiger partial charge in [-0.25, -0.2) is 15.0 Å². The standard InChI is InChI=1S/C12H14N2O3S.C9H8N2O2S.C8H8N2OS.C4H6O3.C3H7ClO.CH2O3.2Cs.H/c1-3-16-7-17-9-4-5-10-11(6-9)18-12(14-10)13-8(2)15;1-5(12)10-9-11-7-3-2-6(13)4-8(7)14-9;1-11-5-2-3-6-7(4-5)12-8(9)10-6;1-3(5)7-4(2)6;1-2-5-3-4;2-1-4-3;;;/h4-6H,3,7H2,1-2H3,(H,13,14,15);2-4,13H,1H3,(H,10,11,12);2-4H,1H3,(H2,9,10);1-2H3;2-3H2,1H3;1,3H;;;/q;;;;;;2*+1;-1/p-1. The van der Waals surface area contributed by atoms with Gasteiger partial charge in [0.15, 0.2) is 22.2 Å². The third-order valence-corrected chi connectivity index (χ3v) is 8.90. The number of alkyl halides is 1. The summed E-state index contributed by atoms with van der Waals surface area (Å²) in [6.07, 6.45) is 0. The topological polar surface area (TPSA) is 273 Å². The van der Waals surface area contributed by atoms with Crippen LogP contribution in [-0.4, -0.2) is 83.5 Å². The Balaban J connectivity index is -0.000000726. The molecule has 0 atom stereocenters. The van der Waals surface area contributed by atoms with Crippen LogP contribution in [0.15, 0.2) is 54.6 Å². The summed E-state index contributed by atoms with van der Waals surface area (Å²) in [5.41, 5.74) is 8.09. The second kappa shape index (κ2) is 36.6. The van der Waals surface area contributed by atoms with Crippen molar-refractivity contribution in [2.45, 2.75) is 41.5 Å². The molecule has 0 bridgehead atoms. The van der Waals surface area contributed by atoms with Crippen LogP contribution >= 0.6 is 45.6 Å². The van der Waals surface area contributed by atoms with Crippen molar-refractivity contribution >= 4 is 122 Å². The minimum Gasteiger partial charge on any atom is -1.00 e. The fourth-order valence-electron chi connectivity index (χ4n) is 3.84. The number of methoxy groups -OCH3 is 1. The molecule has 5 N–H and O–H groups in total. The number of fused-ring (bicyclic) bond motifs is 3. The van der Waals surface area contributed by atoms with Crippen molar-refractivity contribution in [1.82, 2.24) is 15.0 Å². The molecule has 0 fully saturated rings. The first kappa shape index (κ1) is 62.4. The van der Waals surface area contributed by atoms with Gasteiger partial charge in [-0.2, -0.15) is 0 Å². The molecule has 0 aliphatic heterocycles. The number of aromatic hydroxyl groups is 1. The zero-order chi connectivity index (χ0) is 45.0. The Morgan fingerprint density at radius 3 is 1.65 bits per heavy atom. The number of halogens is 1. The van der Waals surface area contributed by atoms with E-state index in [4.69, 9.17) is 41.6 Å². The van der Waals surface area contributed by atoms with Crippen molar-refractivity contribution in [3.05, 3.63) is 54.6 Å². The first-order valence-electron chi connectivity index (χ1n) is 17.1. The first-order chi connectivity index (χ1) is 28.6. The van der Waals surface area contributed by atoms with E-state index in [1.807, 2.05) is 50.2 Å². The Morgan fingerprint density at radius 2 is 1.23 bits per heavy atom. The van der Waals surface area contributed by atoms with E-state index in [2.05, 4.69) is 39.9 Å². The molecule has 3 heterocycles. The Kier molecular flexibility index (Phi) is 36.8. The number of nitrogens with one attached hydrogen (secondary N) is 2. The number of phenols is 1. The number of hydrogen-bond acceptors (Lipinski definition) is 20. The van der Waals surface area contributed by atoms with E-state index in [-0.39, 0.29) is 170 Å². The molecule has 2 amide bonds. The summed E-state index contributed by atoms with van der Waals surface area (Å²) in [6.45, 7) is 10.5. The maximum absolute atomic E-state index is 10.9. The SMILES string of the molecule is CC(=O)Nc1nc2ccc(O)cc2s1.CC(=O)OC(C)=O.CCOCCl.CCOCOc1ccc2nc(NC(C)=O)sc2c1.COc1ccc2nc(N)sc2c1.O=CO[O-].[Cs+].[Cs+].[H-]. The van der Waals surface area contributed by atoms with Crippen LogP contribution in [-0.2, 0) is 43.1 Å². The summed E-state index contributed by atoms with van der Waals surface area (Å²) < 4.78 is 27.1. The number of amides is 2. The average Bonchev–Trinajstić information content (AvgIpc) is 3.89. The van der Waals surface area contributed by atoms with Gasteiger partial charge in [-0.3, -0.25) is 24.0 Å². The number of carbonyl (C=O) groups excluding carboxylic acids is 5. The Morgan fingerprint density at radius 1 is 0.774 bits per heavy atom.